The average Bonchev–Trinajstić information content (AvgIpc) is 3.39. The van der Waals surface area contributed by atoms with E-state index in [0.29, 0.717) is 40.0 Å². The lowest BCUT2D eigenvalue weighted by Crippen LogP contribution is -2.21. The fourth-order valence-electron chi connectivity index (χ4n) is 4.03. The molecule has 2 heterocycles. The van der Waals surface area contributed by atoms with Gasteiger partial charge in [0.15, 0.2) is 5.82 Å². The Hall–Kier alpha value is -2.36. The molecule has 5 nitrogen and oxygen atoms in total. The van der Waals surface area contributed by atoms with Crippen molar-refractivity contribution in [1.29, 1.82) is 0 Å². The quantitative estimate of drug-likeness (QED) is 0.286. The Labute approximate surface area is 205 Å². The first-order chi connectivity index (χ1) is 15.8. The molecule has 1 saturated carbocycles. The van der Waals surface area contributed by atoms with Crippen molar-refractivity contribution in [2.75, 3.05) is 0 Å². The van der Waals surface area contributed by atoms with Crippen LogP contribution in [0.1, 0.15) is 25.3 Å². The number of nitrogens with zero attached hydrogens (tertiary/aromatic N) is 3. The maximum atomic E-state index is 15.5. The monoisotopic (exact) mass is 551 g/mol. The van der Waals surface area contributed by atoms with Crippen molar-refractivity contribution in [3.8, 4) is 5.69 Å². The van der Waals surface area contributed by atoms with Crippen LogP contribution in [0.25, 0.3) is 16.6 Å². The number of carboxylic acid groups (broad SMARTS) is 1. The minimum absolute atomic E-state index is 0.0292. The number of aromatic nitrogens is 3. The van der Waals surface area contributed by atoms with Gasteiger partial charge in [-0.15, -0.1) is 0 Å². The fourth-order valence-corrected chi connectivity index (χ4v) is 6.03. The van der Waals surface area contributed by atoms with Crippen molar-refractivity contribution in [3.63, 3.8) is 0 Å². The first kappa shape index (κ1) is 22.4. The second-order valence-electron chi connectivity index (χ2n) is 7.87. The first-order valence-corrected chi connectivity index (χ1v) is 12.2. The molecule has 1 N–H and O–H groups in total. The second kappa shape index (κ2) is 8.14. The van der Waals surface area contributed by atoms with Crippen LogP contribution in [0.4, 0.5) is 8.78 Å². The Balaban J connectivity index is 1.69. The van der Waals surface area contributed by atoms with Crippen LogP contribution < -0.4 is 0 Å². The van der Waals surface area contributed by atoms with E-state index in [-0.39, 0.29) is 21.0 Å². The molecule has 170 valence electrons. The summed E-state index contributed by atoms with van der Waals surface area (Å²) in [5.41, 5.74) is -0.120. The highest BCUT2D eigenvalue weighted by Gasteiger charge is 2.53. The molecule has 2 aromatic heterocycles. The number of benzene rings is 2. The third-order valence-corrected chi connectivity index (χ3v) is 8.43. The topological polar surface area (TPSA) is 60.0 Å². The molecule has 0 spiro atoms. The molecule has 0 radical (unpaired) electrons. The van der Waals surface area contributed by atoms with E-state index in [1.165, 1.54) is 12.1 Å². The highest BCUT2D eigenvalue weighted by molar-refractivity contribution is 9.10. The molecule has 2 aromatic carbocycles. The Morgan fingerprint density at radius 1 is 1.27 bits per heavy atom. The number of aliphatic carboxylic acids is 1. The van der Waals surface area contributed by atoms with Crippen LogP contribution in [0.5, 0.6) is 0 Å². The van der Waals surface area contributed by atoms with Crippen LogP contribution in [0.15, 0.2) is 57.1 Å². The standard InChI is InChI=1S/C23H17BrClF2N3O2S/c1-2-29-11-12(10-28-29)30-19-13(6-7-15(25)18(19)27)20(21(30)24)33-16-5-3-4-14(17(16)26)23(8-9-23)22(31)32/h3-7,10-11H,2,8-9H2,1H3,(H,31,32). The molecule has 0 atom stereocenters. The van der Waals surface area contributed by atoms with Gasteiger partial charge >= 0.3 is 5.97 Å². The van der Waals surface area contributed by atoms with E-state index >= 15 is 8.78 Å². The maximum Gasteiger partial charge on any atom is 0.314 e. The van der Waals surface area contributed by atoms with Crippen LogP contribution in [0.3, 0.4) is 0 Å². The minimum Gasteiger partial charge on any atom is -0.481 e. The third kappa shape index (κ3) is 3.48. The average molecular weight is 553 g/mol. The summed E-state index contributed by atoms with van der Waals surface area (Å²) in [7, 11) is 0. The Kier molecular flexibility index (Phi) is 5.54. The number of aryl methyl sites for hydroxylation is 1. The number of halogens is 4. The van der Waals surface area contributed by atoms with E-state index in [4.69, 9.17) is 11.6 Å². The summed E-state index contributed by atoms with van der Waals surface area (Å²) < 4.78 is 34.6. The van der Waals surface area contributed by atoms with Gasteiger partial charge in [0.05, 0.1) is 32.7 Å². The van der Waals surface area contributed by atoms with E-state index < -0.39 is 23.0 Å². The van der Waals surface area contributed by atoms with Crippen molar-refractivity contribution >= 4 is 56.2 Å². The summed E-state index contributed by atoms with van der Waals surface area (Å²) in [6, 6.07) is 7.93. The highest BCUT2D eigenvalue weighted by Crippen LogP contribution is 2.51. The van der Waals surface area contributed by atoms with Gasteiger partial charge in [0.1, 0.15) is 10.4 Å². The normalized spacial score (nSPS) is 14.7. The SMILES string of the molecule is CCn1cc(-n2c(Br)c(Sc3cccc(C4(C(=O)O)CC4)c3F)c3ccc(Cl)c(F)c32)cn1. The van der Waals surface area contributed by atoms with Gasteiger partial charge in [0, 0.05) is 28.6 Å². The lowest BCUT2D eigenvalue weighted by Gasteiger charge is -2.14. The highest BCUT2D eigenvalue weighted by atomic mass is 79.9. The predicted molar refractivity (Wildman–Crippen MR) is 126 cm³/mol. The lowest BCUT2D eigenvalue weighted by atomic mass is 9.96. The molecule has 33 heavy (non-hydrogen) atoms. The van der Waals surface area contributed by atoms with Gasteiger partial charge in [-0.3, -0.25) is 14.0 Å². The first-order valence-electron chi connectivity index (χ1n) is 10.2. The molecule has 4 aromatic rings. The van der Waals surface area contributed by atoms with E-state index in [1.807, 2.05) is 6.92 Å². The molecule has 0 unspecified atom stereocenters. The van der Waals surface area contributed by atoms with E-state index in [0.717, 1.165) is 11.8 Å². The third-order valence-electron chi connectivity index (χ3n) is 5.97. The summed E-state index contributed by atoms with van der Waals surface area (Å²) in [6.07, 6.45) is 4.21. The van der Waals surface area contributed by atoms with Crippen molar-refractivity contribution in [1.82, 2.24) is 14.3 Å². The van der Waals surface area contributed by atoms with Crippen molar-refractivity contribution in [2.24, 2.45) is 0 Å². The van der Waals surface area contributed by atoms with Gasteiger partial charge in [-0.05, 0) is 53.9 Å². The molecule has 0 bridgehead atoms. The Morgan fingerprint density at radius 3 is 2.67 bits per heavy atom. The van der Waals surface area contributed by atoms with Crippen LogP contribution in [0, 0.1) is 11.6 Å². The van der Waals surface area contributed by atoms with Gasteiger partial charge in [-0.2, -0.15) is 5.10 Å². The largest absolute Gasteiger partial charge is 0.481 e. The fraction of sp³-hybridized carbons (Fsp3) is 0.217. The second-order valence-corrected chi connectivity index (χ2v) is 10.1. The number of hydrogen-bond acceptors (Lipinski definition) is 3. The summed E-state index contributed by atoms with van der Waals surface area (Å²) in [6.45, 7) is 2.59. The lowest BCUT2D eigenvalue weighted by molar-refractivity contribution is -0.140. The van der Waals surface area contributed by atoms with Gasteiger partial charge in [-0.25, -0.2) is 8.78 Å². The van der Waals surface area contributed by atoms with Crippen LogP contribution in [0.2, 0.25) is 5.02 Å². The van der Waals surface area contributed by atoms with Crippen LogP contribution in [-0.2, 0) is 16.8 Å². The van der Waals surface area contributed by atoms with Crippen LogP contribution in [-0.4, -0.2) is 25.4 Å². The summed E-state index contributed by atoms with van der Waals surface area (Å²) in [5, 5.41) is 14.4. The summed E-state index contributed by atoms with van der Waals surface area (Å²) >= 11 is 10.8. The number of carbonyl (C=O) groups is 1. The van der Waals surface area contributed by atoms with E-state index in [9.17, 15) is 9.90 Å². The number of hydrogen-bond donors (Lipinski definition) is 1. The number of rotatable bonds is 6. The molecular formula is C23H17BrClF2N3O2S. The Bertz CT molecular complexity index is 1430. The molecule has 1 fully saturated rings. The molecular weight excluding hydrogens is 536 g/mol. The number of carboxylic acids is 1. The molecule has 0 amide bonds. The van der Waals surface area contributed by atoms with Crippen LogP contribution >= 0.6 is 39.3 Å². The smallest absolute Gasteiger partial charge is 0.314 e. The molecule has 0 aliphatic heterocycles. The molecule has 5 rings (SSSR count). The summed E-state index contributed by atoms with van der Waals surface area (Å²) in [4.78, 5) is 12.6. The minimum atomic E-state index is -1.17. The van der Waals surface area contributed by atoms with Crippen molar-refractivity contribution in [2.45, 2.75) is 41.5 Å². The molecule has 1 aliphatic rings. The zero-order valence-corrected chi connectivity index (χ0v) is 20.4. The van der Waals surface area contributed by atoms with Gasteiger partial charge < -0.3 is 5.11 Å². The molecule has 1 aliphatic carbocycles. The predicted octanol–water partition coefficient (Wildman–Crippen LogP) is 6.81. The van der Waals surface area contributed by atoms with Gasteiger partial charge in [0.25, 0.3) is 0 Å². The van der Waals surface area contributed by atoms with E-state index in [1.54, 1.807) is 39.8 Å². The van der Waals surface area contributed by atoms with Crippen molar-refractivity contribution in [3.05, 3.63) is 69.5 Å². The summed E-state index contributed by atoms with van der Waals surface area (Å²) in [5.74, 6) is -2.18. The van der Waals surface area contributed by atoms with Gasteiger partial charge in [-0.1, -0.05) is 35.5 Å². The molecule has 10 heteroatoms. The molecule has 0 saturated heterocycles. The maximum absolute atomic E-state index is 15.5. The zero-order chi connectivity index (χ0) is 23.5. The van der Waals surface area contributed by atoms with E-state index in [2.05, 4.69) is 21.0 Å². The Morgan fingerprint density at radius 2 is 2.03 bits per heavy atom. The zero-order valence-electron chi connectivity index (χ0n) is 17.3. The van der Waals surface area contributed by atoms with Crippen molar-refractivity contribution < 1.29 is 18.7 Å². The van der Waals surface area contributed by atoms with Gasteiger partial charge in [0.2, 0.25) is 0 Å². The number of fused-ring (bicyclic) bond motifs is 1.